The van der Waals surface area contributed by atoms with Gasteiger partial charge in [0.15, 0.2) is 0 Å². The van der Waals surface area contributed by atoms with Gasteiger partial charge in [-0.15, -0.1) is 0 Å². The molecular formula is C12H17FN2. The molecule has 1 aliphatic rings. The van der Waals surface area contributed by atoms with Gasteiger partial charge in [0.25, 0.3) is 0 Å². The smallest absolute Gasteiger partial charge is 0.123 e. The largest absolute Gasteiger partial charge is 0.399 e. The van der Waals surface area contributed by atoms with Gasteiger partial charge in [0.2, 0.25) is 0 Å². The predicted octanol–water partition coefficient (Wildman–Crippen LogP) is 1.95. The summed E-state index contributed by atoms with van der Waals surface area (Å²) in [4.78, 5) is 0. The normalized spacial score (nSPS) is 21.5. The molecule has 0 aromatic heterocycles. The molecule has 1 heterocycles. The molecule has 3 N–H and O–H groups in total. The molecule has 82 valence electrons. The Kier molecular flexibility index (Phi) is 3.21. The highest BCUT2D eigenvalue weighted by atomic mass is 19.1. The zero-order valence-corrected chi connectivity index (χ0v) is 8.80. The quantitative estimate of drug-likeness (QED) is 0.729. The van der Waals surface area contributed by atoms with Crippen molar-refractivity contribution in [2.75, 3.05) is 18.8 Å². The fraction of sp³-hybridized carbons (Fsp3) is 0.500. The Hall–Kier alpha value is -1.09. The first-order valence-corrected chi connectivity index (χ1v) is 5.50. The van der Waals surface area contributed by atoms with E-state index in [1.54, 1.807) is 12.1 Å². The van der Waals surface area contributed by atoms with Crippen molar-refractivity contribution in [2.45, 2.75) is 19.3 Å². The molecule has 2 nitrogen and oxygen atoms in total. The Labute approximate surface area is 89.7 Å². The highest BCUT2D eigenvalue weighted by Gasteiger charge is 2.14. The van der Waals surface area contributed by atoms with E-state index >= 15 is 0 Å². The van der Waals surface area contributed by atoms with Crippen LogP contribution in [0, 0.1) is 11.7 Å². The van der Waals surface area contributed by atoms with Gasteiger partial charge in [-0.2, -0.15) is 0 Å². The molecule has 1 aromatic carbocycles. The summed E-state index contributed by atoms with van der Waals surface area (Å²) in [6.45, 7) is 2.13. The summed E-state index contributed by atoms with van der Waals surface area (Å²) in [6, 6.07) is 4.63. The second-order valence-corrected chi connectivity index (χ2v) is 4.26. The van der Waals surface area contributed by atoms with E-state index in [0.717, 1.165) is 25.1 Å². The number of nitrogen functional groups attached to an aromatic ring is 1. The number of hydrogen-bond donors (Lipinski definition) is 2. The predicted molar refractivity (Wildman–Crippen MR) is 60.1 cm³/mol. The third kappa shape index (κ3) is 2.69. The van der Waals surface area contributed by atoms with Crippen molar-refractivity contribution in [3.05, 3.63) is 29.6 Å². The Morgan fingerprint density at radius 2 is 2.33 bits per heavy atom. The molecule has 1 unspecified atom stereocenters. The molecule has 1 atom stereocenters. The van der Waals surface area contributed by atoms with Gasteiger partial charge < -0.3 is 11.1 Å². The number of nitrogens with one attached hydrogen (secondary N) is 1. The van der Waals surface area contributed by atoms with Crippen molar-refractivity contribution in [2.24, 2.45) is 5.92 Å². The summed E-state index contributed by atoms with van der Waals surface area (Å²) >= 11 is 0. The second kappa shape index (κ2) is 4.62. The van der Waals surface area contributed by atoms with Gasteiger partial charge in [-0.1, -0.05) is 0 Å². The fourth-order valence-electron chi connectivity index (χ4n) is 2.16. The van der Waals surface area contributed by atoms with Crippen LogP contribution in [0.5, 0.6) is 0 Å². The molecule has 0 aliphatic carbocycles. The highest BCUT2D eigenvalue weighted by Crippen LogP contribution is 2.21. The molecule has 1 saturated heterocycles. The summed E-state index contributed by atoms with van der Waals surface area (Å²) in [5, 5.41) is 3.35. The molecule has 0 amide bonds. The molecule has 2 rings (SSSR count). The Morgan fingerprint density at radius 3 is 3.07 bits per heavy atom. The minimum absolute atomic E-state index is 0.192. The minimum Gasteiger partial charge on any atom is -0.399 e. The molecule has 0 saturated carbocycles. The molecule has 1 aliphatic heterocycles. The van der Waals surface area contributed by atoms with E-state index in [-0.39, 0.29) is 5.82 Å². The summed E-state index contributed by atoms with van der Waals surface area (Å²) in [6.07, 6.45) is 3.30. The van der Waals surface area contributed by atoms with Gasteiger partial charge in [0.05, 0.1) is 0 Å². The summed E-state index contributed by atoms with van der Waals surface area (Å²) < 4.78 is 13.0. The van der Waals surface area contributed by atoms with Crippen molar-refractivity contribution in [3.63, 3.8) is 0 Å². The van der Waals surface area contributed by atoms with Crippen molar-refractivity contribution in [3.8, 4) is 0 Å². The fourth-order valence-corrected chi connectivity index (χ4v) is 2.16. The maximum Gasteiger partial charge on any atom is 0.123 e. The lowest BCUT2D eigenvalue weighted by Crippen LogP contribution is -2.31. The Morgan fingerprint density at radius 1 is 1.47 bits per heavy atom. The van der Waals surface area contributed by atoms with Crippen molar-refractivity contribution < 1.29 is 4.39 Å². The van der Waals surface area contributed by atoms with Crippen molar-refractivity contribution in [1.82, 2.24) is 5.32 Å². The highest BCUT2D eigenvalue weighted by molar-refractivity contribution is 5.46. The van der Waals surface area contributed by atoms with Gasteiger partial charge >= 0.3 is 0 Å². The van der Waals surface area contributed by atoms with Crippen molar-refractivity contribution in [1.29, 1.82) is 0 Å². The van der Waals surface area contributed by atoms with E-state index in [0.29, 0.717) is 11.6 Å². The maximum atomic E-state index is 13.0. The number of anilines is 1. The average molecular weight is 208 g/mol. The Balaban J connectivity index is 2.05. The lowest BCUT2D eigenvalue weighted by atomic mass is 9.92. The van der Waals surface area contributed by atoms with Crippen molar-refractivity contribution >= 4 is 5.69 Å². The van der Waals surface area contributed by atoms with Crippen LogP contribution in [0.15, 0.2) is 18.2 Å². The molecule has 0 radical (unpaired) electrons. The first-order valence-electron chi connectivity index (χ1n) is 5.50. The van der Waals surface area contributed by atoms with Crippen LogP contribution in [0.1, 0.15) is 18.4 Å². The topological polar surface area (TPSA) is 38.0 Å². The molecule has 15 heavy (non-hydrogen) atoms. The first kappa shape index (κ1) is 10.4. The number of piperidine rings is 1. The van der Waals surface area contributed by atoms with E-state index < -0.39 is 0 Å². The number of rotatable bonds is 2. The van der Waals surface area contributed by atoms with Gasteiger partial charge in [-0.05, 0) is 62.0 Å². The average Bonchev–Trinajstić information content (AvgIpc) is 2.25. The molecule has 0 spiro atoms. The van der Waals surface area contributed by atoms with Gasteiger partial charge in [-0.25, -0.2) is 4.39 Å². The van der Waals surface area contributed by atoms with E-state index in [1.807, 2.05) is 0 Å². The van der Waals surface area contributed by atoms with Crippen LogP contribution in [0.4, 0.5) is 10.1 Å². The number of hydrogen-bond acceptors (Lipinski definition) is 2. The third-order valence-corrected chi connectivity index (χ3v) is 3.01. The van der Waals surface area contributed by atoms with Crippen LogP contribution < -0.4 is 11.1 Å². The van der Waals surface area contributed by atoms with E-state index in [2.05, 4.69) is 5.32 Å². The zero-order chi connectivity index (χ0) is 10.7. The monoisotopic (exact) mass is 208 g/mol. The SMILES string of the molecule is Nc1ccc(F)cc1CC1CCCNC1. The summed E-state index contributed by atoms with van der Waals surface area (Å²) in [5.74, 6) is 0.408. The van der Waals surface area contributed by atoms with Gasteiger partial charge in [0.1, 0.15) is 5.82 Å². The molecule has 0 bridgehead atoms. The first-order chi connectivity index (χ1) is 7.25. The zero-order valence-electron chi connectivity index (χ0n) is 8.80. The standard InChI is InChI=1S/C12H17FN2/c13-11-3-4-12(14)10(7-11)6-9-2-1-5-15-8-9/h3-4,7,9,15H,1-2,5-6,8,14H2. The van der Waals surface area contributed by atoms with Crippen LogP contribution >= 0.6 is 0 Å². The molecule has 3 heteroatoms. The number of halogens is 1. The van der Waals surface area contributed by atoms with Gasteiger partial charge in [0, 0.05) is 5.69 Å². The molecule has 1 fully saturated rings. The van der Waals surface area contributed by atoms with Gasteiger partial charge in [-0.3, -0.25) is 0 Å². The number of nitrogens with two attached hydrogens (primary N) is 1. The van der Waals surface area contributed by atoms with Crippen LogP contribution in [-0.4, -0.2) is 13.1 Å². The van der Waals surface area contributed by atoms with Crippen LogP contribution in [0.25, 0.3) is 0 Å². The third-order valence-electron chi connectivity index (χ3n) is 3.01. The van der Waals surface area contributed by atoms with Crippen LogP contribution in [0.2, 0.25) is 0 Å². The van der Waals surface area contributed by atoms with Crippen LogP contribution in [0.3, 0.4) is 0 Å². The summed E-state index contributed by atoms with van der Waals surface area (Å²) in [7, 11) is 0. The van der Waals surface area contributed by atoms with E-state index in [1.165, 1.54) is 18.9 Å². The van der Waals surface area contributed by atoms with Crippen LogP contribution in [-0.2, 0) is 6.42 Å². The lowest BCUT2D eigenvalue weighted by Gasteiger charge is -2.23. The molecule has 1 aromatic rings. The number of benzene rings is 1. The van der Waals surface area contributed by atoms with E-state index in [9.17, 15) is 4.39 Å². The maximum absolute atomic E-state index is 13.0. The second-order valence-electron chi connectivity index (χ2n) is 4.26. The van der Waals surface area contributed by atoms with E-state index in [4.69, 9.17) is 5.73 Å². The Bertz CT molecular complexity index is 332. The summed E-state index contributed by atoms with van der Waals surface area (Å²) in [5.41, 5.74) is 7.48. The minimum atomic E-state index is -0.192. The lowest BCUT2D eigenvalue weighted by molar-refractivity contribution is 0.376. The molecular weight excluding hydrogens is 191 g/mol.